The Kier molecular flexibility index (Phi) is 3.97. The fourth-order valence-electron chi connectivity index (χ4n) is 1.39. The summed E-state index contributed by atoms with van der Waals surface area (Å²) < 4.78 is 13.7. The van der Waals surface area contributed by atoms with Crippen LogP contribution >= 0.6 is 38.9 Å². The summed E-state index contributed by atoms with van der Waals surface area (Å²) in [6, 6.07) is 7.64. The summed E-state index contributed by atoms with van der Waals surface area (Å²) in [4.78, 5) is 12.6. The molecular weight excluding hydrogens is 327 g/mol. The molecule has 0 radical (unpaired) electrons. The number of hydrogen-bond donors (Lipinski definition) is 0. The Labute approximate surface area is 115 Å². The van der Waals surface area contributed by atoms with Crippen LogP contribution in [0.5, 0.6) is 0 Å². The summed E-state index contributed by atoms with van der Waals surface area (Å²) in [7, 11) is 0. The largest absolute Gasteiger partial charge is 0.293 e. The van der Waals surface area contributed by atoms with Gasteiger partial charge in [0.15, 0.2) is 5.78 Å². The first-order valence-corrected chi connectivity index (χ1v) is 6.77. The minimum atomic E-state index is -0.398. The highest BCUT2D eigenvalue weighted by atomic mass is 79.9. The number of rotatable bonds is 3. The molecule has 2 aromatic rings. The quantitative estimate of drug-likeness (QED) is 0.742. The lowest BCUT2D eigenvalue weighted by Crippen LogP contribution is -2.01. The standard InChI is InChI=1S/C12H7BrClFOS/c13-12-4-3-11(17-12)10(16)5-7-1-2-8(15)6-9(7)14/h1-4,6H,5H2. The monoisotopic (exact) mass is 332 g/mol. The van der Waals surface area contributed by atoms with Crippen molar-refractivity contribution in [3.8, 4) is 0 Å². The van der Waals surface area contributed by atoms with E-state index in [0.717, 1.165) is 3.79 Å². The predicted molar refractivity (Wildman–Crippen MR) is 71.5 cm³/mol. The Morgan fingerprint density at radius 3 is 2.71 bits per heavy atom. The molecule has 0 aliphatic carbocycles. The molecule has 0 N–H and O–H groups in total. The molecule has 0 atom stereocenters. The number of Topliss-reactive ketones (excluding diaryl/α,β-unsaturated/α-hetero) is 1. The number of halogens is 3. The van der Waals surface area contributed by atoms with E-state index in [1.807, 2.05) is 6.07 Å². The van der Waals surface area contributed by atoms with E-state index in [0.29, 0.717) is 10.4 Å². The van der Waals surface area contributed by atoms with Crippen molar-refractivity contribution in [2.75, 3.05) is 0 Å². The smallest absolute Gasteiger partial charge is 0.177 e. The van der Waals surface area contributed by atoms with E-state index in [-0.39, 0.29) is 17.2 Å². The van der Waals surface area contributed by atoms with Crippen molar-refractivity contribution in [2.45, 2.75) is 6.42 Å². The fourth-order valence-corrected chi connectivity index (χ4v) is 2.95. The zero-order valence-electron chi connectivity index (χ0n) is 8.54. The van der Waals surface area contributed by atoms with Gasteiger partial charge in [-0.3, -0.25) is 4.79 Å². The second-order valence-corrected chi connectivity index (χ2v) is 6.31. The van der Waals surface area contributed by atoms with Crippen molar-refractivity contribution in [3.05, 3.63) is 55.4 Å². The summed E-state index contributed by atoms with van der Waals surface area (Å²) in [5, 5.41) is 0.286. The van der Waals surface area contributed by atoms with E-state index in [1.54, 1.807) is 6.07 Å². The average molecular weight is 334 g/mol. The predicted octanol–water partition coefficient (Wildman–Crippen LogP) is 4.73. The third-order valence-electron chi connectivity index (χ3n) is 2.21. The molecule has 0 aliphatic heterocycles. The second kappa shape index (κ2) is 5.29. The summed E-state index contributed by atoms with van der Waals surface area (Å²) >= 11 is 10.5. The Morgan fingerprint density at radius 1 is 1.35 bits per heavy atom. The Hall–Kier alpha value is -0.710. The molecule has 0 bridgehead atoms. The van der Waals surface area contributed by atoms with Crippen LogP contribution in [0.15, 0.2) is 34.1 Å². The first kappa shape index (κ1) is 12.7. The van der Waals surface area contributed by atoms with Crippen LogP contribution in [0, 0.1) is 5.82 Å². The van der Waals surface area contributed by atoms with E-state index < -0.39 is 5.82 Å². The van der Waals surface area contributed by atoms with Crippen molar-refractivity contribution >= 4 is 44.7 Å². The van der Waals surface area contributed by atoms with Crippen molar-refractivity contribution < 1.29 is 9.18 Å². The van der Waals surface area contributed by atoms with Crippen molar-refractivity contribution in [2.24, 2.45) is 0 Å². The molecule has 0 saturated heterocycles. The molecule has 2 rings (SSSR count). The average Bonchev–Trinajstić information content (AvgIpc) is 2.69. The zero-order chi connectivity index (χ0) is 12.4. The number of carbonyl (C=O) groups is 1. The van der Waals surface area contributed by atoms with E-state index in [1.165, 1.54) is 29.5 Å². The summed E-state index contributed by atoms with van der Waals surface area (Å²) in [5.74, 6) is -0.417. The van der Waals surface area contributed by atoms with Gasteiger partial charge in [0.1, 0.15) is 5.82 Å². The minimum absolute atomic E-state index is 0.0193. The van der Waals surface area contributed by atoms with Gasteiger partial charge in [0, 0.05) is 11.4 Å². The summed E-state index contributed by atoms with van der Waals surface area (Å²) in [6.07, 6.45) is 0.187. The van der Waals surface area contributed by atoms with E-state index in [9.17, 15) is 9.18 Å². The maximum absolute atomic E-state index is 12.8. The number of benzene rings is 1. The zero-order valence-corrected chi connectivity index (χ0v) is 11.7. The van der Waals surface area contributed by atoms with Gasteiger partial charge in [-0.05, 0) is 45.8 Å². The van der Waals surface area contributed by atoms with Crippen molar-refractivity contribution in [1.82, 2.24) is 0 Å². The molecular formula is C12H7BrClFOS. The van der Waals surface area contributed by atoms with Crippen LogP contribution in [-0.4, -0.2) is 5.78 Å². The second-order valence-electron chi connectivity index (χ2n) is 3.44. The van der Waals surface area contributed by atoms with Gasteiger partial charge in [0.05, 0.1) is 8.66 Å². The molecule has 0 amide bonds. The number of thiophene rings is 1. The van der Waals surface area contributed by atoms with Gasteiger partial charge in [0.2, 0.25) is 0 Å². The van der Waals surface area contributed by atoms with Crippen LogP contribution in [0.3, 0.4) is 0 Å². The van der Waals surface area contributed by atoms with E-state index in [2.05, 4.69) is 15.9 Å². The molecule has 1 heterocycles. The molecule has 0 spiro atoms. The van der Waals surface area contributed by atoms with Gasteiger partial charge < -0.3 is 0 Å². The highest BCUT2D eigenvalue weighted by Crippen LogP contribution is 2.25. The van der Waals surface area contributed by atoms with Crippen molar-refractivity contribution in [3.63, 3.8) is 0 Å². The van der Waals surface area contributed by atoms with Gasteiger partial charge in [-0.25, -0.2) is 4.39 Å². The number of hydrogen-bond acceptors (Lipinski definition) is 2. The molecule has 0 fully saturated rings. The lowest BCUT2D eigenvalue weighted by atomic mass is 10.1. The molecule has 0 aliphatic rings. The van der Waals surface area contributed by atoms with Crippen LogP contribution < -0.4 is 0 Å². The summed E-state index contributed by atoms with van der Waals surface area (Å²) in [5.41, 5.74) is 0.641. The first-order valence-electron chi connectivity index (χ1n) is 4.79. The SMILES string of the molecule is O=C(Cc1ccc(F)cc1Cl)c1ccc(Br)s1. The molecule has 1 aromatic heterocycles. The highest BCUT2D eigenvalue weighted by molar-refractivity contribution is 9.11. The van der Waals surface area contributed by atoms with Gasteiger partial charge in [-0.2, -0.15) is 0 Å². The van der Waals surface area contributed by atoms with E-state index in [4.69, 9.17) is 11.6 Å². The topological polar surface area (TPSA) is 17.1 Å². The lowest BCUT2D eigenvalue weighted by molar-refractivity contribution is 0.0997. The molecule has 1 nitrogen and oxygen atoms in total. The molecule has 0 saturated carbocycles. The molecule has 88 valence electrons. The summed E-state index contributed by atoms with van der Waals surface area (Å²) in [6.45, 7) is 0. The fraction of sp³-hybridized carbons (Fsp3) is 0.0833. The Morgan fingerprint density at radius 2 is 2.12 bits per heavy atom. The molecule has 1 aromatic carbocycles. The van der Waals surface area contributed by atoms with Crippen LogP contribution in [0.2, 0.25) is 5.02 Å². The van der Waals surface area contributed by atoms with Crippen LogP contribution in [-0.2, 0) is 6.42 Å². The van der Waals surface area contributed by atoms with Crippen LogP contribution in [0.25, 0.3) is 0 Å². The molecule has 5 heteroatoms. The van der Waals surface area contributed by atoms with Crippen LogP contribution in [0.4, 0.5) is 4.39 Å². The Bertz CT molecular complexity index is 567. The lowest BCUT2D eigenvalue weighted by Gasteiger charge is -2.02. The number of carbonyl (C=O) groups excluding carboxylic acids is 1. The Balaban J connectivity index is 2.18. The maximum atomic E-state index is 12.8. The van der Waals surface area contributed by atoms with Crippen LogP contribution in [0.1, 0.15) is 15.2 Å². The third kappa shape index (κ3) is 3.15. The van der Waals surface area contributed by atoms with Gasteiger partial charge in [-0.1, -0.05) is 17.7 Å². The normalized spacial score (nSPS) is 10.5. The minimum Gasteiger partial charge on any atom is -0.293 e. The molecule has 17 heavy (non-hydrogen) atoms. The van der Waals surface area contributed by atoms with E-state index >= 15 is 0 Å². The maximum Gasteiger partial charge on any atom is 0.177 e. The highest BCUT2D eigenvalue weighted by Gasteiger charge is 2.12. The number of ketones is 1. The first-order chi connectivity index (χ1) is 8.06. The third-order valence-corrected chi connectivity index (χ3v) is 4.23. The van der Waals surface area contributed by atoms with Gasteiger partial charge in [-0.15, -0.1) is 11.3 Å². The van der Waals surface area contributed by atoms with Gasteiger partial charge in [0.25, 0.3) is 0 Å². The van der Waals surface area contributed by atoms with Gasteiger partial charge >= 0.3 is 0 Å². The van der Waals surface area contributed by atoms with Crippen molar-refractivity contribution in [1.29, 1.82) is 0 Å². The molecule has 0 unspecified atom stereocenters.